The highest BCUT2D eigenvalue weighted by Crippen LogP contribution is 2.17. The van der Waals surface area contributed by atoms with E-state index in [0.29, 0.717) is 19.8 Å². The quantitative estimate of drug-likeness (QED) is 0.313. The molecule has 2 N–H and O–H groups in total. The van der Waals surface area contributed by atoms with Crippen LogP contribution in [0.4, 0.5) is 0 Å². The molecule has 0 aliphatic carbocycles. The van der Waals surface area contributed by atoms with E-state index < -0.39 is 0 Å². The predicted molar refractivity (Wildman–Crippen MR) is 118 cm³/mol. The van der Waals surface area contributed by atoms with Crippen molar-refractivity contribution in [1.29, 1.82) is 0 Å². The van der Waals surface area contributed by atoms with Crippen molar-refractivity contribution in [2.75, 3.05) is 40.5 Å². The molecule has 0 aromatic heterocycles. The molecule has 1 aromatic carbocycles. The van der Waals surface area contributed by atoms with Crippen LogP contribution in [0.2, 0.25) is 0 Å². The van der Waals surface area contributed by atoms with E-state index in [9.17, 15) is 0 Å². The van der Waals surface area contributed by atoms with E-state index in [0.717, 1.165) is 30.5 Å². The third-order valence-corrected chi connectivity index (χ3v) is 4.03. The average Bonchev–Trinajstić information content (AvgIpc) is 3.17. The van der Waals surface area contributed by atoms with Crippen LogP contribution in [0.25, 0.3) is 0 Å². The van der Waals surface area contributed by atoms with E-state index in [1.807, 2.05) is 31.2 Å². The maximum absolute atomic E-state index is 5.89. The lowest BCUT2D eigenvalue weighted by Gasteiger charge is -2.21. The molecular formula is C19H32IN3O4. The normalized spacial score (nSPS) is 19.0. The molecule has 0 bridgehead atoms. The Kier molecular flexibility index (Phi) is 11.5. The van der Waals surface area contributed by atoms with E-state index in [1.165, 1.54) is 0 Å². The molecule has 3 atom stereocenters. The van der Waals surface area contributed by atoms with E-state index >= 15 is 0 Å². The second-order valence-electron chi connectivity index (χ2n) is 6.42. The summed E-state index contributed by atoms with van der Waals surface area (Å²) in [4.78, 5) is 4.25. The maximum Gasteiger partial charge on any atom is 0.191 e. The fourth-order valence-electron chi connectivity index (χ4n) is 2.56. The summed E-state index contributed by atoms with van der Waals surface area (Å²) in [5.41, 5.74) is 0. The number of nitrogens with one attached hydrogen (secondary N) is 2. The maximum atomic E-state index is 5.89. The minimum atomic E-state index is -0.0101. The van der Waals surface area contributed by atoms with Crippen molar-refractivity contribution in [1.82, 2.24) is 10.6 Å². The number of ether oxygens (including phenoxy) is 4. The largest absolute Gasteiger partial charge is 0.497 e. The van der Waals surface area contributed by atoms with Crippen molar-refractivity contribution < 1.29 is 18.9 Å². The number of hydrogen-bond acceptors (Lipinski definition) is 5. The number of nitrogens with zero attached hydrogens (tertiary/aromatic N) is 1. The van der Waals surface area contributed by atoms with Crippen molar-refractivity contribution in [3.63, 3.8) is 0 Å². The van der Waals surface area contributed by atoms with Crippen molar-refractivity contribution in [2.24, 2.45) is 4.99 Å². The summed E-state index contributed by atoms with van der Waals surface area (Å²) in [5.74, 6) is 2.35. The van der Waals surface area contributed by atoms with E-state index in [-0.39, 0.29) is 42.2 Å². The Bertz CT molecular complexity index is 550. The lowest BCUT2D eigenvalue weighted by atomic mass is 10.3. The van der Waals surface area contributed by atoms with Gasteiger partial charge in [-0.05, 0) is 44.5 Å². The second-order valence-corrected chi connectivity index (χ2v) is 6.42. The van der Waals surface area contributed by atoms with E-state index in [2.05, 4.69) is 22.5 Å². The van der Waals surface area contributed by atoms with Crippen LogP contribution in [0.1, 0.15) is 20.3 Å². The molecular weight excluding hydrogens is 461 g/mol. The van der Waals surface area contributed by atoms with Gasteiger partial charge in [-0.3, -0.25) is 4.99 Å². The average molecular weight is 493 g/mol. The van der Waals surface area contributed by atoms with Gasteiger partial charge in [-0.15, -0.1) is 24.0 Å². The number of hydrogen-bond donors (Lipinski definition) is 2. The molecule has 1 aliphatic heterocycles. The standard InChI is InChI=1S/C19H31N3O4.HI/c1-14(12-25-18-9-10-24-13-18)22-19(20-3)21-11-15(2)26-17-7-5-16(23-4)6-8-17;/h5-8,14-15,18H,9-13H2,1-4H3,(H2,20,21,22);1H. The van der Waals surface area contributed by atoms with Gasteiger partial charge in [0.15, 0.2) is 5.96 Å². The first kappa shape index (κ1) is 23.8. The van der Waals surface area contributed by atoms with Crippen LogP contribution in [0.5, 0.6) is 11.5 Å². The zero-order chi connectivity index (χ0) is 18.8. The molecule has 3 unspecified atom stereocenters. The molecule has 1 aromatic rings. The summed E-state index contributed by atoms with van der Waals surface area (Å²) >= 11 is 0. The lowest BCUT2D eigenvalue weighted by molar-refractivity contribution is 0.0347. The molecule has 0 amide bonds. The van der Waals surface area contributed by atoms with Crippen LogP contribution < -0.4 is 20.1 Å². The SMILES string of the molecule is CN=C(NCC(C)Oc1ccc(OC)cc1)NC(C)COC1CCOC1.I. The Labute approximate surface area is 179 Å². The topological polar surface area (TPSA) is 73.3 Å². The molecule has 154 valence electrons. The molecule has 8 heteroatoms. The fourth-order valence-corrected chi connectivity index (χ4v) is 2.56. The molecule has 0 radical (unpaired) electrons. The summed E-state index contributed by atoms with van der Waals surface area (Å²) in [6, 6.07) is 7.71. The van der Waals surface area contributed by atoms with Gasteiger partial charge in [0.05, 0.1) is 33.0 Å². The molecule has 1 heterocycles. The minimum absolute atomic E-state index is 0. The van der Waals surface area contributed by atoms with Gasteiger partial charge in [0.25, 0.3) is 0 Å². The summed E-state index contributed by atoms with van der Waals surface area (Å²) in [6.45, 7) is 6.82. The minimum Gasteiger partial charge on any atom is -0.497 e. The highest BCUT2D eigenvalue weighted by Gasteiger charge is 2.17. The van der Waals surface area contributed by atoms with Gasteiger partial charge in [0.2, 0.25) is 0 Å². The van der Waals surface area contributed by atoms with Gasteiger partial charge >= 0.3 is 0 Å². The zero-order valence-electron chi connectivity index (χ0n) is 16.6. The van der Waals surface area contributed by atoms with E-state index in [4.69, 9.17) is 18.9 Å². The number of rotatable bonds is 9. The Hall–Kier alpha value is -1.26. The van der Waals surface area contributed by atoms with Gasteiger partial charge in [0, 0.05) is 19.7 Å². The van der Waals surface area contributed by atoms with Gasteiger partial charge in [0.1, 0.15) is 17.6 Å². The first-order chi connectivity index (χ1) is 12.6. The first-order valence-corrected chi connectivity index (χ1v) is 9.08. The van der Waals surface area contributed by atoms with Crippen LogP contribution in [0, 0.1) is 0 Å². The van der Waals surface area contributed by atoms with Crippen molar-refractivity contribution >= 4 is 29.9 Å². The molecule has 27 heavy (non-hydrogen) atoms. The molecule has 7 nitrogen and oxygen atoms in total. The predicted octanol–water partition coefficient (Wildman–Crippen LogP) is 2.44. The molecule has 1 fully saturated rings. The van der Waals surface area contributed by atoms with Gasteiger partial charge in [-0.25, -0.2) is 0 Å². The molecule has 1 aliphatic rings. The van der Waals surface area contributed by atoms with Crippen molar-refractivity contribution in [2.45, 2.75) is 38.5 Å². The zero-order valence-corrected chi connectivity index (χ0v) is 18.9. The molecule has 2 rings (SSSR count). The van der Waals surface area contributed by atoms with E-state index in [1.54, 1.807) is 14.2 Å². The summed E-state index contributed by atoms with van der Waals surface area (Å²) < 4.78 is 22.2. The number of aliphatic imine (C=N–C) groups is 1. The van der Waals surface area contributed by atoms with Crippen LogP contribution in [0.15, 0.2) is 29.3 Å². The Balaban J connectivity index is 0.00000364. The van der Waals surface area contributed by atoms with Crippen molar-refractivity contribution in [3.05, 3.63) is 24.3 Å². The second kappa shape index (κ2) is 13.0. The smallest absolute Gasteiger partial charge is 0.191 e. The van der Waals surface area contributed by atoms with Crippen molar-refractivity contribution in [3.8, 4) is 11.5 Å². The van der Waals surface area contributed by atoms with Crippen LogP contribution >= 0.6 is 24.0 Å². The Morgan fingerprint density at radius 3 is 2.56 bits per heavy atom. The van der Waals surface area contributed by atoms with Gasteiger partial charge < -0.3 is 29.6 Å². The van der Waals surface area contributed by atoms with Crippen LogP contribution in [0.3, 0.4) is 0 Å². The van der Waals surface area contributed by atoms with Crippen LogP contribution in [-0.4, -0.2) is 64.7 Å². The van der Waals surface area contributed by atoms with Gasteiger partial charge in [-0.2, -0.15) is 0 Å². The first-order valence-electron chi connectivity index (χ1n) is 9.08. The third kappa shape index (κ3) is 8.98. The third-order valence-electron chi connectivity index (χ3n) is 4.03. The van der Waals surface area contributed by atoms with Gasteiger partial charge in [-0.1, -0.05) is 0 Å². The summed E-state index contributed by atoms with van der Waals surface area (Å²) in [5, 5.41) is 6.61. The Morgan fingerprint density at radius 2 is 1.96 bits per heavy atom. The number of methoxy groups -OCH3 is 1. The fraction of sp³-hybridized carbons (Fsp3) is 0.632. The summed E-state index contributed by atoms with van der Waals surface area (Å²) in [7, 11) is 3.40. The van der Waals surface area contributed by atoms with Crippen LogP contribution in [-0.2, 0) is 9.47 Å². The molecule has 1 saturated heterocycles. The number of halogens is 1. The Morgan fingerprint density at radius 1 is 1.26 bits per heavy atom. The number of benzene rings is 1. The highest BCUT2D eigenvalue weighted by molar-refractivity contribution is 14.0. The lowest BCUT2D eigenvalue weighted by Crippen LogP contribution is -2.46. The monoisotopic (exact) mass is 493 g/mol. The number of guanidine groups is 1. The molecule has 0 saturated carbocycles. The summed E-state index contributed by atoms with van der Waals surface area (Å²) in [6.07, 6.45) is 1.18. The highest BCUT2D eigenvalue weighted by atomic mass is 127. The molecule has 0 spiro atoms.